The summed E-state index contributed by atoms with van der Waals surface area (Å²) in [6, 6.07) is 26.1. The van der Waals surface area contributed by atoms with E-state index in [-0.39, 0.29) is 7.43 Å². The van der Waals surface area contributed by atoms with Crippen LogP contribution in [-0.4, -0.2) is 69.5 Å². The standard InChI is InChI=1S/6C13H21NO.CH4/c1-10(2)6-8-15-12-5-7-14-13(9-12)11(3)4;1-10(2)6-8-15-13-9-12(11(3)4)5-7-14-13;2*1-10(2)7-8-15-12-5-6-13(11(3)4)14-9-12;1-10(2)7-8-15-13-6-5-12(9-14-13)11(3)4;1-10(2)8-9-15-13-7-5-6-12(14-13)11(3)4;/h2*5,7,9-11H,6,8H2,1-4H3;3*5-6,9-11H,7-8H2,1-4H3;5-7,10-11H,8-9H2,1-4H3;1H4. The maximum atomic E-state index is 5.67. The van der Waals surface area contributed by atoms with E-state index in [1.54, 1.807) is 0 Å². The minimum atomic E-state index is 0. The van der Waals surface area contributed by atoms with Gasteiger partial charge in [0.25, 0.3) is 0 Å². The molecule has 91 heavy (non-hydrogen) atoms. The Kier molecular flexibility index (Phi) is 45.9. The largest absolute Gasteiger partial charge is 0.493 e. The molecule has 0 aliphatic rings. The van der Waals surface area contributed by atoms with Gasteiger partial charge in [-0.1, -0.05) is 186 Å². The van der Waals surface area contributed by atoms with Gasteiger partial charge in [-0.3, -0.25) is 15.0 Å². The summed E-state index contributed by atoms with van der Waals surface area (Å²) in [7, 11) is 0. The Morgan fingerprint density at radius 3 is 1.04 bits per heavy atom. The molecule has 512 valence electrons. The van der Waals surface area contributed by atoms with Crippen LogP contribution in [-0.2, 0) is 0 Å². The second-order valence-corrected chi connectivity index (χ2v) is 27.6. The summed E-state index contributed by atoms with van der Waals surface area (Å²) in [6.07, 6.45) is 15.7. The Morgan fingerprint density at radius 1 is 0.275 bits per heavy atom. The van der Waals surface area contributed by atoms with Gasteiger partial charge in [0.05, 0.1) is 52.0 Å². The maximum Gasteiger partial charge on any atom is 0.213 e. The van der Waals surface area contributed by atoms with E-state index in [0.717, 1.165) is 136 Å². The summed E-state index contributed by atoms with van der Waals surface area (Å²) in [5.41, 5.74) is 6.96. The van der Waals surface area contributed by atoms with E-state index < -0.39 is 0 Å². The highest BCUT2D eigenvalue weighted by atomic mass is 16.5. The molecule has 12 heteroatoms. The molecule has 0 aliphatic heterocycles. The minimum absolute atomic E-state index is 0. The van der Waals surface area contributed by atoms with E-state index in [4.69, 9.17) is 28.4 Å². The van der Waals surface area contributed by atoms with Crippen LogP contribution in [0.3, 0.4) is 0 Å². The highest BCUT2D eigenvalue weighted by Crippen LogP contribution is 2.22. The van der Waals surface area contributed by atoms with Gasteiger partial charge < -0.3 is 28.4 Å². The first-order valence-electron chi connectivity index (χ1n) is 34.1. The lowest BCUT2D eigenvalue weighted by Crippen LogP contribution is -2.03. The summed E-state index contributed by atoms with van der Waals surface area (Å²) in [4.78, 5) is 25.9. The lowest BCUT2D eigenvalue weighted by Gasteiger charge is -2.10. The SMILES string of the molecule is C.CC(C)CCOc1cc(C(C)C)ccn1.CC(C)CCOc1ccc(C(C)C)cn1.CC(C)CCOc1ccc(C(C)C)nc1.CC(C)CCOc1ccc(C(C)C)nc1.CC(C)CCOc1cccc(C(C)C)n1.CC(C)CCOc1ccnc(C(C)C)c1. The molecule has 0 fully saturated rings. The summed E-state index contributed by atoms with van der Waals surface area (Å²) in [5, 5.41) is 0. The van der Waals surface area contributed by atoms with Gasteiger partial charge in [-0.2, -0.15) is 0 Å². The molecule has 0 aliphatic carbocycles. The van der Waals surface area contributed by atoms with Crippen LogP contribution < -0.4 is 28.4 Å². The van der Waals surface area contributed by atoms with Gasteiger partial charge in [-0.05, 0) is 163 Å². The van der Waals surface area contributed by atoms with Crippen molar-refractivity contribution in [2.75, 3.05) is 39.6 Å². The molecule has 0 aromatic carbocycles. The lowest BCUT2D eigenvalue weighted by atomic mass is 10.1. The smallest absolute Gasteiger partial charge is 0.213 e. The molecule has 0 amide bonds. The minimum Gasteiger partial charge on any atom is -0.493 e. The number of pyridine rings is 6. The van der Waals surface area contributed by atoms with Crippen molar-refractivity contribution in [1.82, 2.24) is 29.9 Å². The number of ether oxygens (including phenoxy) is 6. The summed E-state index contributed by atoms with van der Waals surface area (Å²) < 4.78 is 33.6. The molecule has 12 nitrogen and oxygen atoms in total. The molecule has 0 unspecified atom stereocenters. The number of rotatable bonds is 30. The Morgan fingerprint density at radius 2 is 0.670 bits per heavy atom. The average Bonchev–Trinajstić information content (AvgIpc) is 3.59. The van der Waals surface area contributed by atoms with Crippen molar-refractivity contribution in [2.45, 2.75) is 248 Å². The van der Waals surface area contributed by atoms with Crippen molar-refractivity contribution < 1.29 is 28.4 Å². The Labute approximate surface area is 557 Å². The van der Waals surface area contributed by atoms with E-state index in [9.17, 15) is 0 Å². The predicted octanol–water partition coefficient (Wildman–Crippen LogP) is 22.4. The van der Waals surface area contributed by atoms with Gasteiger partial charge in [0.2, 0.25) is 17.6 Å². The van der Waals surface area contributed by atoms with Crippen molar-refractivity contribution in [3.05, 3.63) is 144 Å². The first-order valence-corrected chi connectivity index (χ1v) is 34.1. The average molecular weight is 1260 g/mol. The monoisotopic (exact) mass is 1260 g/mol. The van der Waals surface area contributed by atoms with E-state index in [1.165, 1.54) is 11.1 Å². The summed E-state index contributed by atoms with van der Waals surface area (Å²) >= 11 is 0. The van der Waals surface area contributed by atoms with Crippen molar-refractivity contribution in [1.29, 1.82) is 0 Å². The van der Waals surface area contributed by atoms with Crippen molar-refractivity contribution >= 4 is 0 Å². The number of aromatic nitrogens is 6. The third kappa shape index (κ3) is 43.2. The van der Waals surface area contributed by atoms with Gasteiger partial charge in [-0.15, -0.1) is 0 Å². The zero-order valence-electron chi connectivity index (χ0n) is 60.9. The molecular weight excluding hydrogens is 1130 g/mol. The molecule has 0 N–H and O–H groups in total. The van der Waals surface area contributed by atoms with Crippen molar-refractivity contribution in [3.63, 3.8) is 0 Å². The van der Waals surface area contributed by atoms with Gasteiger partial charge in [0.1, 0.15) is 17.2 Å². The second kappa shape index (κ2) is 49.4. The molecule has 0 bridgehead atoms. The molecule has 0 saturated carbocycles. The normalized spacial score (nSPS) is 10.9. The highest BCUT2D eigenvalue weighted by molar-refractivity contribution is 5.26. The molecule has 0 saturated heterocycles. The number of hydrogen-bond acceptors (Lipinski definition) is 12. The zero-order valence-corrected chi connectivity index (χ0v) is 60.9. The molecule has 6 aromatic heterocycles. The lowest BCUT2D eigenvalue weighted by molar-refractivity contribution is 0.278. The summed E-state index contributed by atoms with van der Waals surface area (Å²) in [6.45, 7) is 56.8. The Balaban J connectivity index is 0.00000107. The van der Waals surface area contributed by atoms with Crippen molar-refractivity contribution in [2.24, 2.45) is 35.5 Å². The van der Waals surface area contributed by atoms with Crippen LogP contribution in [0.25, 0.3) is 0 Å². The summed E-state index contributed by atoms with van der Waals surface area (Å²) in [5.74, 6) is 12.0. The predicted molar refractivity (Wildman–Crippen MR) is 386 cm³/mol. The van der Waals surface area contributed by atoms with Gasteiger partial charge in [0, 0.05) is 65.6 Å². The quantitative estimate of drug-likeness (QED) is 0.0425. The Hall–Kier alpha value is -6.30. The molecule has 0 spiro atoms. The van der Waals surface area contributed by atoms with Gasteiger partial charge in [-0.25, -0.2) is 15.0 Å². The van der Waals surface area contributed by atoms with Crippen LogP contribution in [0.1, 0.15) is 282 Å². The van der Waals surface area contributed by atoms with Crippen LogP contribution in [0, 0.1) is 35.5 Å². The molecule has 6 aromatic rings. The Bertz CT molecular complexity index is 2380. The van der Waals surface area contributed by atoms with Crippen LogP contribution in [0.4, 0.5) is 0 Å². The fraction of sp³-hybridized carbons (Fsp3) is 0.620. The molecule has 6 heterocycles. The zero-order chi connectivity index (χ0) is 67.6. The molecule has 0 atom stereocenters. The number of nitrogens with zero attached hydrogens (tertiary/aromatic N) is 6. The fourth-order valence-electron chi connectivity index (χ4n) is 7.42. The van der Waals surface area contributed by atoms with E-state index >= 15 is 0 Å². The molecule has 0 radical (unpaired) electrons. The topological polar surface area (TPSA) is 133 Å². The fourth-order valence-corrected chi connectivity index (χ4v) is 7.42. The van der Waals surface area contributed by atoms with E-state index in [2.05, 4.69) is 202 Å². The highest BCUT2D eigenvalue weighted by Gasteiger charge is 2.08. The third-order valence-corrected chi connectivity index (χ3v) is 14.0. The van der Waals surface area contributed by atoms with Crippen LogP contribution in [0.15, 0.2) is 110 Å². The first-order chi connectivity index (χ1) is 42.6. The van der Waals surface area contributed by atoms with Gasteiger partial charge in [0.15, 0.2) is 0 Å². The van der Waals surface area contributed by atoms with Crippen molar-refractivity contribution in [3.8, 4) is 34.9 Å². The van der Waals surface area contributed by atoms with E-state index in [1.807, 2.05) is 104 Å². The van der Waals surface area contributed by atoms with Gasteiger partial charge >= 0.3 is 0 Å². The van der Waals surface area contributed by atoms with Crippen LogP contribution in [0.5, 0.6) is 34.9 Å². The van der Waals surface area contributed by atoms with Crippen LogP contribution in [0.2, 0.25) is 0 Å². The molecule has 6 rings (SSSR count). The first kappa shape index (κ1) is 84.7. The second-order valence-electron chi connectivity index (χ2n) is 27.6. The number of hydrogen-bond donors (Lipinski definition) is 0. The molecular formula is C79H130N6O6. The van der Waals surface area contributed by atoms with Crippen LogP contribution >= 0.6 is 0 Å². The maximum absolute atomic E-state index is 5.67. The third-order valence-electron chi connectivity index (χ3n) is 14.0. The van der Waals surface area contributed by atoms with E-state index in [0.29, 0.717) is 71.0 Å².